The predicted molar refractivity (Wildman–Crippen MR) is 90.0 cm³/mol. The van der Waals surface area contributed by atoms with Gasteiger partial charge in [-0.25, -0.2) is 0 Å². The van der Waals surface area contributed by atoms with E-state index in [1.807, 2.05) is 30.3 Å². The van der Waals surface area contributed by atoms with E-state index in [0.717, 1.165) is 5.56 Å². The monoisotopic (exact) mass is 343 g/mol. The number of carbonyl (C=O) groups excluding carboxylic acids is 2. The summed E-state index contributed by atoms with van der Waals surface area (Å²) in [5.74, 6) is 0.186. The Morgan fingerprint density at radius 2 is 2.08 bits per heavy atom. The van der Waals surface area contributed by atoms with E-state index >= 15 is 0 Å². The number of aryl methyl sites for hydroxylation is 1. The number of hydrogen-bond acceptors (Lipinski definition) is 6. The average molecular weight is 343 g/mol. The number of amides is 2. The summed E-state index contributed by atoms with van der Waals surface area (Å²) < 4.78 is 0. The number of aromatic nitrogens is 4. The maximum atomic E-state index is 12.5. The van der Waals surface area contributed by atoms with Crippen molar-refractivity contribution in [1.82, 2.24) is 30.4 Å². The molecule has 25 heavy (non-hydrogen) atoms. The van der Waals surface area contributed by atoms with Gasteiger partial charge in [0.2, 0.25) is 17.6 Å². The quantitative estimate of drug-likeness (QED) is 0.748. The Balaban J connectivity index is 1.61. The highest BCUT2D eigenvalue weighted by Gasteiger charge is 2.37. The van der Waals surface area contributed by atoms with E-state index in [4.69, 9.17) is 5.73 Å². The molecule has 1 aromatic carbocycles. The van der Waals surface area contributed by atoms with Gasteiger partial charge in [-0.15, -0.1) is 10.2 Å². The maximum absolute atomic E-state index is 12.5. The van der Waals surface area contributed by atoms with E-state index in [2.05, 4.69) is 20.7 Å². The van der Waals surface area contributed by atoms with Crippen LogP contribution in [0.5, 0.6) is 0 Å². The third-order valence-electron chi connectivity index (χ3n) is 4.21. The summed E-state index contributed by atoms with van der Waals surface area (Å²) >= 11 is 0. The lowest BCUT2D eigenvalue weighted by Crippen LogP contribution is -2.45. The second-order valence-corrected chi connectivity index (χ2v) is 6.00. The number of likely N-dealkylation sites (N-methyl/N-ethyl adjacent to an activating group) is 1. The zero-order valence-electron chi connectivity index (χ0n) is 14.0. The molecule has 2 amide bonds. The van der Waals surface area contributed by atoms with Gasteiger partial charge in [-0.1, -0.05) is 30.3 Å². The zero-order chi connectivity index (χ0) is 17.8. The lowest BCUT2D eigenvalue weighted by Gasteiger charge is -2.23. The second-order valence-electron chi connectivity index (χ2n) is 6.00. The second kappa shape index (κ2) is 7.39. The first-order chi connectivity index (χ1) is 12.1. The van der Waals surface area contributed by atoms with Crippen LogP contribution in [0.4, 0.5) is 0 Å². The van der Waals surface area contributed by atoms with Gasteiger partial charge in [0.25, 0.3) is 0 Å². The number of rotatable bonds is 5. The molecular weight excluding hydrogens is 322 g/mol. The summed E-state index contributed by atoms with van der Waals surface area (Å²) in [5, 5.41) is 14.8. The first-order valence-corrected chi connectivity index (χ1v) is 8.18. The molecule has 3 N–H and O–H groups in total. The third-order valence-corrected chi connectivity index (χ3v) is 4.21. The van der Waals surface area contributed by atoms with E-state index in [-0.39, 0.29) is 24.3 Å². The summed E-state index contributed by atoms with van der Waals surface area (Å²) in [4.78, 5) is 27.3. The third kappa shape index (κ3) is 3.82. The van der Waals surface area contributed by atoms with Crippen LogP contribution in [-0.4, -0.2) is 62.6 Å². The van der Waals surface area contributed by atoms with Crippen molar-refractivity contribution in [2.75, 3.05) is 13.6 Å². The molecule has 9 nitrogen and oxygen atoms in total. The van der Waals surface area contributed by atoms with Gasteiger partial charge in [0.05, 0.1) is 6.54 Å². The summed E-state index contributed by atoms with van der Waals surface area (Å²) in [7, 11) is 1.55. The van der Waals surface area contributed by atoms with Crippen LogP contribution in [0.1, 0.15) is 12.8 Å². The number of likely N-dealkylation sites (tertiary alicyclic amines) is 1. The first-order valence-electron chi connectivity index (χ1n) is 8.18. The van der Waals surface area contributed by atoms with E-state index in [1.54, 1.807) is 11.9 Å². The molecule has 1 fully saturated rings. The minimum absolute atomic E-state index is 0.139. The topological polar surface area (TPSA) is 119 Å². The van der Waals surface area contributed by atoms with Crippen LogP contribution in [0.2, 0.25) is 0 Å². The average Bonchev–Trinajstić information content (AvgIpc) is 3.26. The normalized spacial score (nSPS) is 19.8. The molecule has 0 unspecified atom stereocenters. The molecule has 1 aliphatic heterocycles. The zero-order valence-corrected chi connectivity index (χ0v) is 14.0. The Morgan fingerprint density at radius 1 is 1.32 bits per heavy atom. The van der Waals surface area contributed by atoms with Crippen LogP contribution in [0.15, 0.2) is 30.3 Å². The highest BCUT2D eigenvalue weighted by atomic mass is 16.2. The van der Waals surface area contributed by atoms with Gasteiger partial charge in [-0.05, 0) is 11.6 Å². The highest BCUT2D eigenvalue weighted by molar-refractivity contribution is 5.88. The molecule has 0 radical (unpaired) electrons. The van der Waals surface area contributed by atoms with Crippen molar-refractivity contribution in [2.24, 2.45) is 5.73 Å². The molecule has 9 heteroatoms. The maximum Gasteiger partial charge on any atom is 0.242 e. The van der Waals surface area contributed by atoms with Gasteiger partial charge in [0.1, 0.15) is 6.04 Å². The van der Waals surface area contributed by atoms with Gasteiger partial charge >= 0.3 is 0 Å². The van der Waals surface area contributed by atoms with E-state index < -0.39 is 6.04 Å². The number of carbonyl (C=O) groups is 2. The van der Waals surface area contributed by atoms with E-state index in [1.165, 1.54) is 4.80 Å². The molecule has 132 valence electrons. The predicted octanol–water partition coefficient (Wildman–Crippen LogP) is -0.596. The molecule has 0 saturated carbocycles. The molecule has 0 spiro atoms. The van der Waals surface area contributed by atoms with E-state index in [9.17, 15) is 9.59 Å². The molecule has 1 aromatic heterocycles. The van der Waals surface area contributed by atoms with Gasteiger partial charge in [-0.3, -0.25) is 9.59 Å². The Kier molecular flexibility index (Phi) is 5.03. The fourth-order valence-corrected chi connectivity index (χ4v) is 2.94. The number of benzene rings is 1. The van der Waals surface area contributed by atoms with Crippen LogP contribution in [0, 0.1) is 0 Å². The van der Waals surface area contributed by atoms with Crippen molar-refractivity contribution in [1.29, 1.82) is 0 Å². The highest BCUT2D eigenvalue weighted by Crippen LogP contribution is 2.18. The van der Waals surface area contributed by atoms with Crippen LogP contribution in [0.25, 0.3) is 11.4 Å². The summed E-state index contributed by atoms with van der Waals surface area (Å²) in [6.45, 7) is 0.682. The van der Waals surface area contributed by atoms with Crippen LogP contribution >= 0.6 is 0 Å². The molecule has 1 aliphatic rings. The number of hydrogen-bond donors (Lipinski definition) is 2. The lowest BCUT2D eigenvalue weighted by atomic mass is 10.1. The lowest BCUT2D eigenvalue weighted by molar-refractivity contribution is -0.138. The Labute approximate surface area is 145 Å². The van der Waals surface area contributed by atoms with Crippen molar-refractivity contribution >= 4 is 11.8 Å². The Bertz CT molecular complexity index is 746. The number of nitrogens with two attached hydrogens (primary N) is 1. The smallest absolute Gasteiger partial charge is 0.242 e. The number of nitrogens with one attached hydrogen (secondary N) is 1. The van der Waals surface area contributed by atoms with Crippen LogP contribution in [0.3, 0.4) is 0 Å². The fourth-order valence-electron chi connectivity index (χ4n) is 2.94. The van der Waals surface area contributed by atoms with Crippen molar-refractivity contribution in [3.63, 3.8) is 0 Å². The SMILES string of the molecule is CNC(=O)[C@@H]1C[C@@H](N)CN1C(=O)CCn1nnc(-c2ccccc2)n1. The minimum Gasteiger partial charge on any atom is -0.357 e. The van der Waals surface area contributed by atoms with Gasteiger partial charge < -0.3 is 16.0 Å². The fraction of sp³-hybridized carbons (Fsp3) is 0.438. The molecule has 2 aromatic rings. The number of nitrogens with zero attached hydrogens (tertiary/aromatic N) is 5. The Hall–Kier alpha value is -2.81. The number of tetrazole rings is 1. The molecule has 3 rings (SSSR count). The van der Waals surface area contributed by atoms with Crippen LogP contribution in [-0.2, 0) is 16.1 Å². The molecule has 1 saturated heterocycles. The molecule has 0 bridgehead atoms. The van der Waals surface area contributed by atoms with Crippen LogP contribution < -0.4 is 11.1 Å². The van der Waals surface area contributed by atoms with E-state index in [0.29, 0.717) is 25.3 Å². The first kappa shape index (κ1) is 17.0. The molecule has 2 heterocycles. The molecule has 2 atom stereocenters. The summed E-state index contributed by atoms with van der Waals surface area (Å²) in [6.07, 6.45) is 0.663. The molecule has 0 aliphatic carbocycles. The van der Waals surface area contributed by atoms with Gasteiger partial charge in [-0.2, -0.15) is 4.80 Å². The van der Waals surface area contributed by atoms with Crippen molar-refractivity contribution < 1.29 is 9.59 Å². The van der Waals surface area contributed by atoms with Gasteiger partial charge in [0.15, 0.2) is 0 Å². The summed E-state index contributed by atoms with van der Waals surface area (Å²) in [5.41, 5.74) is 6.77. The van der Waals surface area contributed by atoms with Crippen molar-refractivity contribution in [2.45, 2.75) is 31.5 Å². The Morgan fingerprint density at radius 3 is 2.80 bits per heavy atom. The van der Waals surface area contributed by atoms with Crippen molar-refractivity contribution in [3.05, 3.63) is 30.3 Å². The summed E-state index contributed by atoms with van der Waals surface area (Å²) in [6, 6.07) is 8.81. The van der Waals surface area contributed by atoms with Gasteiger partial charge in [0, 0.05) is 31.6 Å². The van der Waals surface area contributed by atoms with Crippen molar-refractivity contribution in [3.8, 4) is 11.4 Å². The largest absolute Gasteiger partial charge is 0.357 e. The standard InChI is InChI=1S/C16H21N7O2/c1-18-16(25)13-9-12(17)10-22(13)14(24)7-8-23-20-15(19-21-23)11-5-3-2-4-6-11/h2-6,12-13H,7-10,17H2,1H3,(H,18,25)/t12-,13+/m1/s1. The minimum atomic E-state index is -0.504. The molecular formula is C16H21N7O2.